The van der Waals surface area contributed by atoms with E-state index in [1.54, 1.807) is 0 Å². The fourth-order valence-corrected chi connectivity index (χ4v) is 3.25. The molecule has 104 valence electrons. The van der Waals surface area contributed by atoms with Gasteiger partial charge in [0.05, 0.1) is 5.02 Å². The first kappa shape index (κ1) is 13.1. The molecule has 3 nitrogen and oxygen atoms in total. The van der Waals surface area contributed by atoms with Crippen molar-refractivity contribution in [3.63, 3.8) is 0 Å². The van der Waals surface area contributed by atoms with Crippen LogP contribution in [0.25, 0.3) is 0 Å². The number of benzene rings is 1. The van der Waals surface area contributed by atoms with Gasteiger partial charge >= 0.3 is 0 Å². The van der Waals surface area contributed by atoms with E-state index in [0.29, 0.717) is 29.9 Å². The highest BCUT2D eigenvalue weighted by molar-refractivity contribution is 6.32. The molecular weight excluding hydrogens is 262 g/mol. The maximum absolute atomic E-state index is 6.51. The molecule has 1 heterocycles. The van der Waals surface area contributed by atoms with E-state index in [0.717, 1.165) is 24.2 Å². The molecular formula is C15H20ClNO2. The Kier molecular flexibility index (Phi) is 3.14. The Hall–Kier alpha value is -0.930. The van der Waals surface area contributed by atoms with Crippen LogP contribution in [0.3, 0.4) is 0 Å². The van der Waals surface area contributed by atoms with Gasteiger partial charge in [0.15, 0.2) is 11.5 Å². The molecule has 0 amide bonds. The Morgan fingerprint density at radius 1 is 1.21 bits per heavy atom. The molecule has 1 fully saturated rings. The summed E-state index contributed by atoms with van der Waals surface area (Å²) in [5.74, 6) is 1.83. The Morgan fingerprint density at radius 3 is 2.37 bits per heavy atom. The summed E-state index contributed by atoms with van der Waals surface area (Å²) in [6, 6.07) is 1.99. The second-order valence-electron chi connectivity index (χ2n) is 5.84. The number of fused-ring (bicyclic) bond motifs is 1. The highest BCUT2D eigenvalue weighted by atomic mass is 35.5. The average Bonchev–Trinajstić information content (AvgIpc) is 2.35. The number of rotatable bonds is 2. The van der Waals surface area contributed by atoms with E-state index in [9.17, 15) is 0 Å². The van der Waals surface area contributed by atoms with E-state index in [4.69, 9.17) is 26.8 Å². The predicted octanol–water partition coefficient (Wildman–Crippen LogP) is 3.57. The predicted molar refractivity (Wildman–Crippen MR) is 76.2 cm³/mol. The van der Waals surface area contributed by atoms with E-state index in [1.807, 2.05) is 6.07 Å². The van der Waals surface area contributed by atoms with Gasteiger partial charge in [-0.05, 0) is 36.8 Å². The Bertz CT molecular complexity index is 509. The van der Waals surface area contributed by atoms with Crippen LogP contribution in [0, 0.1) is 0 Å². The summed E-state index contributed by atoms with van der Waals surface area (Å²) in [7, 11) is 0. The lowest BCUT2D eigenvalue weighted by atomic mass is 9.70. The molecule has 1 saturated carbocycles. The van der Waals surface area contributed by atoms with Gasteiger partial charge in [0.25, 0.3) is 0 Å². The molecule has 0 radical (unpaired) electrons. The van der Waals surface area contributed by atoms with Gasteiger partial charge in [-0.1, -0.05) is 25.4 Å². The topological polar surface area (TPSA) is 44.5 Å². The van der Waals surface area contributed by atoms with Crippen LogP contribution in [0.2, 0.25) is 5.02 Å². The maximum atomic E-state index is 6.51. The zero-order chi connectivity index (χ0) is 13.6. The van der Waals surface area contributed by atoms with E-state index in [2.05, 4.69) is 13.8 Å². The average molecular weight is 282 g/mol. The SMILES string of the molecule is CC(C)c1c(C2(N)CCC2)cc(Cl)c2c1OCCO2. The van der Waals surface area contributed by atoms with Crippen molar-refractivity contribution in [1.82, 2.24) is 0 Å². The van der Waals surface area contributed by atoms with Crippen molar-refractivity contribution in [2.75, 3.05) is 13.2 Å². The van der Waals surface area contributed by atoms with Crippen molar-refractivity contribution in [2.45, 2.75) is 44.6 Å². The second kappa shape index (κ2) is 4.57. The largest absolute Gasteiger partial charge is 0.486 e. The van der Waals surface area contributed by atoms with Crippen LogP contribution in [0.5, 0.6) is 11.5 Å². The van der Waals surface area contributed by atoms with Crippen LogP contribution in [0.15, 0.2) is 6.07 Å². The van der Waals surface area contributed by atoms with E-state index >= 15 is 0 Å². The monoisotopic (exact) mass is 281 g/mol. The zero-order valence-corrected chi connectivity index (χ0v) is 12.2. The van der Waals surface area contributed by atoms with Crippen molar-refractivity contribution in [2.24, 2.45) is 5.73 Å². The van der Waals surface area contributed by atoms with Crippen LogP contribution in [-0.2, 0) is 5.54 Å². The molecule has 0 aromatic heterocycles. The highest BCUT2D eigenvalue weighted by Gasteiger charge is 2.39. The van der Waals surface area contributed by atoms with Crippen LogP contribution in [0.1, 0.15) is 50.2 Å². The first-order chi connectivity index (χ1) is 9.03. The lowest BCUT2D eigenvalue weighted by molar-refractivity contribution is 0.167. The minimum absolute atomic E-state index is 0.237. The van der Waals surface area contributed by atoms with Gasteiger partial charge in [-0.25, -0.2) is 0 Å². The van der Waals surface area contributed by atoms with Crippen LogP contribution in [-0.4, -0.2) is 13.2 Å². The van der Waals surface area contributed by atoms with Gasteiger partial charge in [-0.2, -0.15) is 0 Å². The molecule has 4 heteroatoms. The number of hydrogen-bond donors (Lipinski definition) is 1. The lowest BCUT2D eigenvalue weighted by Crippen LogP contribution is -2.44. The second-order valence-corrected chi connectivity index (χ2v) is 6.25. The molecule has 3 rings (SSSR count). The summed E-state index contributed by atoms with van der Waals surface area (Å²) in [5, 5.41) is 0.617. The first-order valence-electron chi connectivity index (χ1n) is 6.94. The number of halogens is 1. The van der Waals surface area contributed by atoms with Crippen LogP contribution in [0.4, 0.5) is 0 Å². The van der Waals surface area contributed by atoms with Gasteiger partial charge in [-0.15, -0.1) is 0 Å². The Balaban J connectivity index is 2.21. The number of nitrogens with two attached hydrogens (primary N) is 1. The zero-order valence-electron chi connectivity index (χ0n) is 11.5. The van der Waals surface area contributed by atoms with Gasteiger partial charge in [-0.3, -0.25) is 0 Å². The van der Waals surface area contributed by atoms with Crippen molar-refractivity contribution < 1.29 is 9.47 Å². The maximum Gasteiger partial charge on any atom is 0.180 e. The third-order valence-electron chi connectivity index (χ3n) is 4.16. The number of hydrogen-bond acceptors (Lipinski definition) is 3. The third kappa shape index (κ3) is 2.00. The van der Waals surface area contributed by atoms with E-state index < -0.39 is 0 Å². The molecule has 0 unspecified atom stereocenters. The van der Waals surface area contributed by atoms with Crippen molar-refractivity contribution >= 4 is 11.6 Å². The molecule has 19 heavy (non-hydrogen) atoms. The summed E-state index contributed by atoms with van der Waals surface area (Å²) in [5.41, 5.74) is 8.58. The van der Waals surface area contributed by atoms with Gasteiger partial charge in [0.1, 0.15) is 13.2 Å². The molecule has 1 aliphatic carbocycles. The molecule has 1 aliphatic heterocycles. The van der Waals surface area contributed by atoms with Gasteiger partial charge in [0, 0.05) is 11.1 Å². The first-order valence-corrected chi connectivity index (χ1v) is 7.32. The summed E-state index contributed by atoms with van der Waals surface area (Å²) in [4.78, 5) is 0. The molecule has 0 spiro atoms. The van der Waals surface area contributed by atoms with Crippen molar-refractivity contribution in [3.8, 4) is 11.5 Å². The third-order valence-corrected chi connectivity index (χ3v) is 4.45. The molecule has 1 aromatic carbocycles. The normalized spacial score (nSPS) is 20.3. The minimum Gasteiger partial charge on any atom is -0.486 e. The van der Waals surface area contributed by atoms with Crippen molar-refractivity contribution in [3.05, 3.63) is 22.2 Å². The van der Waals surface area contributed by atoms with Gasteiger partial charge in [0.2, 0.25) is 0 Å². The van der Waals surface area contributed by atoms with E-state index in [-0.39, 0.29) is 5.54 Å². The summed E-state index contributed by atoms with van der Waals surface area (Å²) < 4.78 is 11.5. The summed E-state index contributed by atoms with van der Waals surface area (Å²) >= 11 is 6.35. The quantitative estimate of drug-likeness (QED) is 0.901. The molecule has 2 N–H and O–H groups in total. The molecule has 0 saturated heterocycles. The number of ether oxygens (including phenoxy) is 2. The standard InChI is InChI=1S/C15H20ClNO2/c1-9(2)12-10(15(17)4-3-5-15)8-11(16)13-14(12)19-7-6-18-13/h8-9H,3-7,17H2,1-2H3. The Morgan fingerprint density at radius 2 is 1.84 bits per heavy atom. The molecule has 1 aromatic rings. The fraction of sp³-hybridized carbons (Fsp3) is 0.600. The minimum atomic E-state index is -0.237. The lowest BCUT2D eigenvalue weighted by Gasteiger charge is -2.41. The van der Waals surface area contributed by atoms with E-state index in [1.165, 1.54) is 12.0 Å². The highest BCUT2D eigenvalue weighted by Crippen LogP contribution is 2.50. The summed E-state index contributed by atoms with van der Waals surface area (Å²) in [6.45, 7) is 5.45. The fourth-order valence-electron chi connectivity index (χ4n) is 3.00. The van der Waals surface area contributed by atoms with Gasteiger partial charge < -0.3 is 15.2 Å². The van der Waals surface area contributed by atoms with Crippen LogP contribution < -0.4 is 15.2 Å². The Labute approximate surface area is 119 Å². The molecule has 2 aliphatic rings. The van der Waals surface area contributed by atoms with Crippen LogP contribution >= 0.6 is 11.6 Å². The molecule has 0 atom stereocenters. The molecule has 0 bridgehead atoms. The smallest absolute Gasteiger partial charge is 0.180 e. The summed E-state index contributed by atoms with van der Waals surface area (Å²) in [6.07, 6.45) is 3.21. The van der Waals surface area contributed by atoms with Crippen molar-refractivity contribution in [1.29, 1.82) is 0 Å².